The Morgan fingerprint density at radius 3 is 2.47 bits per heavy atom. The predicted molar refractivity (Wildman–Crippen MR) is 118 cm³/mol. The highest BCUT2D eigenvalue weighted by molar-refractivity contribution is 9.10. The molecule has 6 nitrogen and oxygen atoms in total. The molecule has 158 valence electrons. The fourth-order valence-corrected chi connectivity index (χ4v) is 4.15. The summed E-state index contributed by atoms with van der Waals surface area (Å²) >= 11 is 15.6. The van der Waals surface area contributed by atoms with Crippen LogP contribution in [-0.2, 0) is 14.3 Å². The van der Waals surface area contributed by atoms with Gasteiger partial charge in [0.25, 0.3) is 11.7 Å². The van der Waals surface area contributed by atoms with E-state index in [0.29, 0.717) is 26.4 Å². The molecule has 1 fully saturated rings. The number of hydrogen-bond donors (Lipinski definition) is 1. The third kappa shape index (κ3) is 4.21. The van der Waals surface area contributed by atoms with Crippen LogP contribution in [0.25, 0.3) is 5.76 Å². The Balaban J connectivity index is 2.19. The summed E-state index contributed by atoms with van der Waals surface area (Å²) in [5.74, 6) is -1.25. The fraction of sp³-hybridized carbons (Fsp3) is 0.238. The number of carbonyl (C=O) groups is 2. The molecule has 1 saturated heterocycles. The minimum absolute atomic E-state index is 0.0356. The summed E-state index contributed by atoms with van der Waals surface area (Å²) in [6, 6.07) is 8.86. The van der Waals surface area contributed by atoms with Crippen molar-refractivity contribution in [3.05, 3.63) is 67.6 Å². The van der Waals surface area contributed by atoms with E-state index in [4.69, 9.17) is 32.7 Å². The van der Waals surface area contributed by atoms with E-state index < -0.39 is 17.7 Å². The van der Waals surface area contributed by atoms with Crippen LogP contribution < -0.4 is 4.74 Å². The summed E-state index contributed by atoms with van der Waals surface area (Å²) in [6.07, 6.45) is 0. The Hall–Kier alpha value is -2.06. The number of ketones is 1. The third-order valence-corrected chi connectivity index (χ3v) is 6.12. The van der Waals surface area contributed by atoms with Crippen molar-refractivity contribution in [1.82, 2.24) is 4.90 Å². The molecule has 1 unspecified atom stereocenters. The monoisotopic (exact) mass is 513 g/mol. The van der Waals surface area contributed by atoms with Crippen LogP contribution in [0.1, 0.15) is 17.2 Å². The first-order valence-electron chi connectivity index (χ1n) is 8.86. The Kier molecular flexibility index (Phi) is 7.08. The van der Waals surface area contributed by atoms with Crippen molar-refractivity contribution < 1.29 is 24.2 Å². The lowest BCUT2D eigenvalue weighted by Gasteiger charge is -2.25. The van der Waals surface area contributed by atoms with Crippen LogP contribution in [0.4, 0.5) is 0 Å². The largest absolute Gasteiger partial charge is 0.507 e. The molecule has 1 aliphatic rings. The van der Waals surface area contributed by atoms with Crippen LogP contribution in [0.15, 0.2) is 46.4 Å². The number of halogens is 3. The molecule has 1 amide bonds. The number of amides is 1. The molecule has 2 aromatic carbocycles. The average Bonchev–Trinajstić information content (AvgIpc) is 2.98. The van der Waals surface area contributed by atoms with Gasteiger partial charge in [0.1, 0.15) is 11.5 Å². The first kappa shape index (κ1) is 22.6. The van der Waals surface area contributed by atoms with E-state index >= 15 is 0 Å². The number of Topliss-reactive ketones (excluding diaryl/α,β-unsaturated/α-hetero) is 1. The highest BCUT2D eigenvalue weighted by atomic mass is 79.9. The molecule has 0 bridgehead atoms. The van der Waals surface area contributed by atoms with Gasteiger partial charge in [-0.25, -0.2) is 0 Å². The van der Waals surface area contributed by atoms with Gasteiger partial charge in [0.2, 0.25) is 0 Å². The number of likely N-dealkylation sites (tertiary alicyclic amines) is 1. The van der Waals surface area contributed by atoms with Crippen molar-refractivity contribution in [2.75, 3.05) is 27.4 Å². The predicted octanol–water partition coefficient (Wildman–Crippen LogP) is 4.83. The van der Waals surface area contributed by atoms with Gasteiger partial charge in [-0.3, -0.25) is 9.59 Å². The molecule has 1 aliphatic heterocycles. The second-order valence-electron chi connectivity index (χ2n) is 6.51. The molecule has 2 aromatic rings. The molecule has 1 N–H and O–H groups in total. The molecular weight excluding hydrogens is 497 g/mol. The van der Waals surface area contributed by atoms with E-state index in [2.05, 4.69) is 15.9 Å². The van der Waals surface area contributed by atoms with E-state index in [9.17, 15) is 14.7 Å². The normalized spacial score (nSPS) is 18.2. The van der Waals surface area contributed by atoms with E-state index in [-0.39, 0.29) is 29.5 Å². The van der Waals surface area contributed by atoms with Crippen molar-refractivity contribution in [2.45, 2.75) is 6.04 Å². The van der Waals surface area contributed by atoms with E-state index in [0.717, 1.165) is 0 Å². The molecule has 0 aromatic heterocycles. The van der Waals surface area contributed by atoms with Crippen LogP contribution in [0, 0.1) is 0 Å². The van der Waals surface area contributed by atoms with Gasteiger partial charge in [0.05, 0.1) is 39.8 Å². The van der Waals surface area contributed by atoms with Gasteiger partial charge in [-0.1, -0.05) is 29.3 Å². The number of nitrogens with zero attached hydrogens (tertiary/aromatic N) is 1. The molecule has 1 atom stereocenters. The molecule has 30 heavy (non-hydrogen) atoms. The number of methoxy groups -OCH3 is 2. The Morgan fingerprint density at radius 2 is 1.87 bits per heavy atom. The minimum atomic E-state index is -0.837. The highest BCUT2D eigenvalue weighted by Crippen LogP contribution is 2.41. The number of rotatable bonds is 6. The van der Waals surface area contributed by atoms with Gasteiger partial charge in [-0.2, -0.15) is 0 Å². The SMILES string of the molecule is COCCN1C(=O)C(=O)/C(=C(\O)c2ccc(OC)c(Br)c2)C1c1ccc(Cl)c(Cl)c1. The average molecular weight is 515 g/mol. The first-order valence-corrected chi connectivity index (χ1v) is 10.4. The molecule has 0 saturated carbocycles. The first-order chi connectivity index (χ1) is 14.3. The summed E-state index contributed by atoms with van der Waals surface area (Å²) < 4.78 is 10.9. The van der Waals surface area contributed by atoms with Crippen molar-refractivity contribution >= 4 is 56.6 Å². The zero-order valence-electron chi connectivity index (χ0n) is 16.1. The smallest absolute Gasteiger partial charge is 0.295 e. The van der Waals surface area contributed by atoms with Crippen LogP contribution in [-0.4, -0.2) is 49.1 Å². The Bertz CT molecular complexity index is 1040. The number of aliphatic hydroxyl groups excluding tert-OH is 1. The van der Waals surface area contributed by atoms with Crippen molar-refractivity contribution in [2.24, 2.45) is 0 Å². The lowest BCUT2D eigenvalue weighted by Crippen LogP contribution is -2.32. The van der Waals surface area contributed by atoms with Crippen molar-refractivity contribution in [3.8, 4) is 5.75 Å². The second-order valence-corrected chi connectivity index (χ2v) is 8.18. The maximum Gasteiger partial charge on any atom is 0.295 e. The van der Waals surface area contributed by atoms with E-state index in [1.807, 2.05) is 0 Å². The standard InChI is InChI=1S/C21H18BrCl2NO5/c1-29-8-7-25-18(11-3-5-14(23)15(24)10-11)17(20(27)21(25)28)19(26)12-4-6-16(30-2)13(22)9-12/h3-6,9-10,18,26H,7-8H2,1-2H3/b19-17-. The van der Waals surface area contributed by atoms with Crippen LogP contribution in [0.2, 0.25) is 10.0 Å². The van der Waals surface area contributed by atoms with Gasteiger partial charge in [-0.15, -0.1) is 0 Å². The quantitative estimate of drug-likeness (QED) is 0.339. The zero-order valence-corrected chi connectivity index (χ0v) is 19.2. The maximum absolute atomic E-state index is 12.9. The molecule has 3 rings (SSSR count). The van der Waals surface area contributed by atoms with Crippen LogP contribution >= 0.6 is 39.1 Å². The van der Waals surface area contributed by atoms with Crippen molar-refractivity contribution in [1.29, 1.82) is 0 Å². The summed E-state index contributed by atoms with van der Waals surface area (Å²) in [5, 5.41) is 11.6. The van der Waals surface area contributed by atoms with Crippen LogP contribution in [0.5, 0.6) is 5.75 Å². The lowest BCUT2D eigenvalue weighted by atomic mass is 9.95. The molecule has 0 radical (unpaired) electrons. The zero-order chi connectivity index (χ0) is 22.0. The van der Waals surface area contributed by atoms with E-state index in [1.54, 1.807) is 36.4 Å². The van der Waals surface area contributed by atoms with Crippen LogP contribution in [0.3, 0.4) is 0 Å². The second kappa shape index (κ2) is 9.39. The van der Waals surface area contributed by atoms with Gasteiger partial charge >= 0.3 is 0 Å². The number of ether oxygens (including phenoxy) is 2. The number of benzene rings is 2. The van der Waals surface area contributed by atoms with Gasteiger partial charge < -0.3 is 19.5 Å². The number of carbonyl (C=O) groups excluding carboxylic acids is 2. The third-order valence-electron chi connectivity index (χ3n) is 4.76. The molecular formula is C21H18BrCl2NO5. The van der Waals surface area contributed by atoms with Gasteiger partial charge in [0.15, 0.2) is 0 Å². The highest BCUT2D eigenvalue weighted by Gasteiger charge is 2.46. The summed E-state index contributed by atoms with van der Waals surface area (Å²) in [6.45, 7) is 0.383. The molecule has 1 heterocycles. The lowest BCUT2D eigenvalue weighted by molar-refractivity contribution is -0.140. The topological polar surface area (TPSA) is 76.1 Å². The van der Waals surface area contributed by atoms with E-state index in [1.165, 1.54) is 19.1 Å². The minimum Gasteiger partial charge on any atom is -0.507 e. The summed E-state index contributed by atoms with van der Waals surface area (Å²) in [5.41, 5.74) is 0.873. The van der Waals surface area contributed by atoms with Crippen molar-refractivity contribution in [3.63, 3.8) is 0 Å². The fourth-order valence-electron chi connectivity index (χ4n) is 3.30. The molecule has 0 aliphatic carbocycles. The number of hydrogen-bond acceptors (Lipinski definition) is 5. The Morgan fingerprint density at radius 1 is 1.13 bits per heavy atom. The maximum atomic E-state index is 12.9. The summed E-state index contributed by atoms with van der Waals surface area (Å²) in [4.78, 5) is 27.0. The number of aliphatic hydroxyl groups is 1. The molecule has 9 heteroatoms. The summed E-state index contributed by atoms with van der Waals surface area (Å²) in [7, 11) is 3.02. The molecule has 0 spiro atoms. The Labute approximate surface area is 192 Å². The van der Waals surface area contributed by atoms with Gasteiger partial charge in [0, 0.05) is 19.2 Å². The van der Waals surface area contributed by atoms with Gasteiger partial charge in [-0.05, 0) is 51.8 Å².